The van der Waals surface area contributed by atoms with E-state index in [1.54, 1.807) is 4.57 Å². The lowest BCUT2D eigenvalue weighted by molar-refractivity contribution is -0.389. The largest absolute Gasteiger partial charge is 0.489 e. The van der Waals surface area contributed by atoms with Gasteiger partial charge in [-0.05, 0) is 53.8 Å². The Bertz CT molecular complexity index is 1130. The van der Waals surface area contributed by atoms with Crippen LogP contribution in [0.2, 0.25) is 5.02 Å². The van der Waals surface area contributed by atoms with Crippen molar-refractivity contribution in [3.8, 4) is 11.8 Å². The van der Waals surface area contributed by atoms with Crippen molar-refractivity contribution in [3.05, 3.63) is 75.4 Å². The first-order chi connectivity index (χ1) is 16.4. The number of nitro groups is 1. The Morgan fingerprint density at radius 1 is 1.12 bits per heavy atom. The Morgan fingerprint density at radius 3 is 2.47 bits per heavy atom. The third-order valence-electron chi connectivity index (χ3n) is 6.19. The van der Waals surface area contributed by atoms with Crippen LogP contribution in [0.15, 0.2) is 54.7 Å². The van der Waals surface area contributed by atoms with E-state index in [9.17, 15) is 10.1 Å². The minimum atomic E-state index is -0.628. The topological polar surface area (TPSA) is 85.9 Å². The number of imidazole rings is 1. The molecule has 3 aromatic rings. The highest BCUT2D eigenvalue weighted by Crippen LogP contribution is 2.31. The quantitative estimate of drug-likeness (QED) is 0.371. The Balaban J connectivity index is 1.10. The minimum Gasteiger partial charge on any atom is -0.489 e. The molecule has 2 aromatic carbocycles. The van der Waals surface area contributed by atoms with E-state index in [-0.39, 0.29) is 11.8 Å². The van der Waals surface area contributed by atoms with Gasteiger partial charge in [-0.15, -0.1) is 0 Å². The van der Waals surface area contributed by atoms with Gasteiger partial charge in [0.25, 0.3) is 0 Å². The third kappa shape index (κ3) is 4.95. The number of halogens is 1. The highest BCUT2D eigenvalue weighted by atomic mass is 35.5. The average Bonchev–Trinajstić information content (AvgIpc) is 3.36. The number of aromatic nitrogens is 2. The summed E-state index contributed by atoms with van der Waals surface area (Å²) < 4.78 is 13.4. The summed E-state index contributed by atoms with van der Waals surface area (Å²) in [6, 6.07) is 16.4. The predicted molar refractivity (Wildman–Crippen MR) is 129 cm³/mol. The fraction of sp³-hybridized carbons (Fsp3) is 0.375. The number of hydrogen-bond acceptors (Lipinski definition) is 7. The van der Waals surface area contributed by atoms with Gasteiger partial charge in [-0.25, -0.2) is 0 Å². The molecule has 0 N–H and O–H groups in total. The van der Waals surface area contributed by atoms with Gasteiger partial charge in [-0.1, -0.05) is 23.7 Å². The van der Waals surface area contributed by atoms with Crippen LogP contribution in [0, 0.1) is 10.1 Å². The maximum atomic E-state index is 10.9. The third-order valence-corrected chi connectivity index (χ3v) is 6.45. The molecule has 0 amide bonds. The lowest BCUT2D eigenvalue weighted by atomic mass is 10.1. The Hall–Kier alpha value is -3.30. The van der Waals surface area contributed by atoms with Gasteiger partial charge in [0.1, 0.15) is 18.6 Å². The van der Waals surface area contributed by atoms with Crippen molar-refractivity contribution in [2.75, 3.05) is 37.7 Å². The molecular weight excluding hydrogens is 458 g/mol. The van der Waals surface area contributed by atoms with Gasteiger partial charge in [0, 0.05) is 48.4 Å². The highest BCUT2D eigenvalue weighted by molar-refractivity contribution is 6.30. The summed E-state index contributed by atoms with van der Waals surface area (Å²) in [4.78, 5) is 19.1. The van der Waals surface area contributed by atoms with Crippen LogP contribution in [0.4, 0.5) is 11.5 Å². The van der Waals surface area contributed by atoms with Crippen molar-refractivity contribution in [1.29, 1.82) is 0 Å². The zero-order valence-corrected chi connectivity index (χ0v) is 19.6. The van der Waals surface area contributed by atoms with Crippen LogP contribution in [0.3, 0.4) is 0 Å². The number of benzene rings is 2. The maximum Gasteiger partial charge on any atom is 0.415 e. The molecule has 1 saturated heterocycles. The van der Waals surface area contributed by atoms with E-state index in [0.717, 1.165) is 43.5 Å². The second-order valence-electron chi connectivity index (χ2n) is 8.99. The van der Waals surface area contributed by atoms with E-state index in [0.29, 0.717) is 13.2 Å². The number of nitrogens with zero attached hydrogens (tertiary/aromatic N) is 5. The molecule has 10 heteroatoms. The first-order valence-corrected chi connectivity index (χ1v) is 11.6. The fourth-order valence-corrected chi connectivity index (χ4v) is 4.48. The molecule has 2 aliphatic heterocycles. The highest BCUT2D eigenvalue weighted by Gasteiger charge is 2.41. The number of rotatable bonds is 7. The molecule has 3 heterocycles. The van der Waals surface area contributed by atoms with E-state index in [4.69, 9.17) is 21.1 Å². The lowest BCUT2D eigenvalue weighted by Crippen LogP contribution is -2.45. The van der Waals surface area contributed by atoms with Crippen LogP contribution in [-0.2, 0) is 13.1 Å². The molecule has 1 unspecified atom stereocenters. The zero-order valence-electron chi connectivity index (χ0n) is 18.9. The van der Waals surface area contributed by atoms with E-state index >= 15 is 0 Å². The maximum absolute atomic E-state index is 10.9. The van der Waals surface area contributed by atoms with Gasteiger partial charge in [-0.3, -0.25) is 9.47 Å². The standard InChI is InChI=1S/C24H26ClN5O4/c1-24(16-29-15-22(30(31)32)26-23(29)34-24)17-33-21-8-6-20(7-9-21)28-12-10-27(11-13-28)14-18-2-4-19(25)5-3-18/h2-9,15H,10-14,16-17H2,1H3. The van der Waals surface area contributed by atoms with Crippen LogP contribution in [0.1, 0.15) is 12.5 Å². The van der Waals surface area contributed by atoms with Gasteiger partial charge in [0.2, 0.25) is 0 Å². The van der Waals surface area contributed by atoms with Gasteiger partial charge in [0.15, 0.2) is 5.60 Å². The first kappa shape index (κ1) is 22.5. The van der Waals surface area contributed by atoms with E-state index in [2.05, 4.69) is 39.0 Å². The number of hydrogen-bond donors (Lipinski definition) is 0. The summed E-state index contributed by atoms with van der Waals surface area (Å²) >= 11 is 5.98. The van der Waals surface area contributed by atoms with Gasteiger partial charge >= 0.3 is 11.8 Å². The summed E-state index contributed by atoms with van der Waals surface area (Å²) in [5, 5.41) is 11.6. The SMILES string of the molecule is CC1(COc2ccc(N3CCN(Cc4ccc(Cl)cc4)CC3)cc2)Cn2cc([N+](=O)[O-])nc2O1. The van der Waals surface area contributed by atoms with E-state index in [1.165, 1.54) is 17.4 Å². The molecule has 5 rings (SSSR count). The molecule has 1 atom stereocenters. The van der Waals surface area contributed by atoms with Crippen LogP contribution in [0.25, 0.3) is 0 Å². The van der Waals surface area contributed by atoms with Crippen molar-refractivity contribution in [1.82, 2.24) is 14.5 Å². The molecule has 0 radical (unpaired) electrons. The second kappa shape index (κ2) is 9.15. The van der Waals surface area contributed by atoms with Gasteiger partial charge < -0.3 is 24.5 Å². The number of ether oxygens (including phenoxy) is 2. The molecule has 1 fully saturated rings. The normalized spacial score (nSPS) is 20.1. The smallest absolute Gasteiger partial charge is 0.415 e. The molecule has 178 valence electrons. The molecule has 0 aliphatic carbocycles. The fourth-order valence-electron chi connectivity index (χ4n) is 4.36. The molecular formula is C24H26ClN5O4. The molecule has 0 saturated carbocycles. The summed E-state index contributed by atoms with van der Waals surface area (Å²) in [5.74, 6) is 0.546. The lowest BCUT2D eigenvalue weighted by Gasteiger charge is -2.36. The van der Waals surface area contributed by atoms with Gasteiger partial charge in [0.05, 0.1) is 6.54 Å². The van der Waals surface area contributed by atoms with Crippen LogP contribution < -0.4 is 14.4 Å². The average molecular weight is 484 g/mol. The number of fused-ring (bicyclic) bond motifs is 1. The molecule has 1 aromatic heterocycles. The summed E-state index contributed by atoms with van der Waals surface area (Å²) in [6.45, 7) is 7.55. The molecule has 0 bridgehead atoms. The van der Waals surface area contributed by atoms with Crippen LogP contribution in [0.5, 0.6) is 11.8 Å². The van der Waals surface area contributed by atoms with Crippen molar-refractivity contribution >= 4 is 23.1 Å². The van der Waals surface area contributed by atoms with Crippen molar-refractivity contribution in [2.24, 2.45) is 0 Å². The summed E-state index contributed by atoms with van der Waals surface area (Å²) in [6.07, 6.45) is 1.39. The molecule has 2 aliphatic rings. The number of piperazine rings is 1. The van der Waals surface area contributed by atoms with Crippen molar-refractivity contribution in [2.45, 2.75) is 25.6 Å². The van der Waals surface area contributed by atoms with E-state index in [1.807, 2.05) is 31.2 Å². The van der Waals surface area contributed by atoms with Gasteiger partial charge in [-0.2, -0.15) is 0 Å². The van der Waals surface area contributed by atoms with Crippen LogP contribution in [-0.4, -0.2) is 57.8 Å². The second-order valence-corrected chi connectivity index (χ2v) is 9.43. The van der Waals surface area contributed by atoms with E-state index < -0.39 is 10.5 Å². The zero-order chi connectivity index (χ0) is 23.7. The molecule has 34 heavy (non-hydrogen) atoms. The Morgan fingerprint density at radius 2 is 1.82 bits per heavy atom. The van der Waals surface area contributed by atoms with Crippen molar-refractivity contribution in [3.63, 3.8) is 0 Å². The monoisotopic (exact) mass is 483 g/mol. The van der Waals surface area contributed by atoms with Crippen molar-refractivity contribution < 1.29 is 14.4 Å². The molecule has 9 nitrogen and oxygen atoms in total. The first-order valence-electron chi connectivity index (χ1n) is 11.2. The summed E-state index contributed by atoms with van der Waals surface area (Å²) in [7, 11) is 0. The Kier molecular flexibility index (Phi) is 6.05. The van der Waals surface area contributed by atoms with Crippen LogP contribution >= 0.6 is 11.6 Å². The Labute approximate surface area is 202 Å². The molecule has 0 spiro atoms. The number of anilines is 1. The summed E-state index contributed by atoms with van der Waals surface area (Å²) in [5.41, 5.74) is 1.83. The predicted octanol–water partition coefficient (Wildman–Crippen LogP) is 4.00. The minimum absolute atomic E-state index is 0.209.